The predicted octanol–water partition coefficient (Wildman–Crippen LogP) is 3.73. The van der Waals surface area contributed by atoms with Gasteiger partial charge in [-0.15, -0.1) is 10.2 Å². The van der Waals surface area contributed by atoms with Gasteiger partial charge in [-0.2, -0.15) is 13.2 Å². The topological polar surface area (TPSA) is 81.6 Å². The van der Waals surface area contributed by atoms with Crippen molar-refractivity contribution < 1.29 is 22.3 Å². The van der Waals surface area contributed by atoms with Gasteiger partial charge in [0.1, 0.15) is 17.3 Å². The first-order chi connectivity index (χ1) is 15.8. The van der Waals surface area contributed by atoms with E-state index in [2.05, 4.69) is 15.2 Å². The van der Waals surface area contributed by atoms with E-state index in [9.17, 15) is 17.6 Å². The number of pyridine rings is 2. The zero-order valence-electron chi connectivity index (χ0n) is 17.6. The third kappa shape index (κ3) is 3.76. The summed E-state index contributed by atoms with van der Waals surface area (Å²) < 4.78 is 63.3. The first-order valence-corrected chi connectivity index (χ1v) is 10.3. The number of nitrogens with two attached hydrogens (primary N) is 1. The molecule has 4 heterocycles. The van der Waals surface area contributed by atoms with E-state index < -0.39 is 18.0 Å². The van der Waals surface area contributed by atoms with Crippen molar-refractivity contribution in [1.29, 1.82) is 0 Å². The molecular formula is C22H20F4N6O. The smallest absolute Gasteiger partial charge is 0.408 e. The molecule has 0 aliphatic carbocycles. The number of rotatable bonds is 4. The molecule has 5 rings (SSSR count). The van der Waals surface area contributed by atoms with E-state index in [1.807, 2.05) is 0 Å². The maximum absolute atomic E-state index is 14.7. The fourth-order valence-corrected chi connectivity index (χ4v) is 4.32. The molecule has 7 nitrogen and oxygen atoms in total. The van der Waals surface area contributed by atoms with Gasteiger partial charge in [-0.25, -0.2) is 9.37 Å². The van der Waals surface area contributed by atoms with E-state index >= 15 is 0 Å². The molecule has 0 saturated carbocycles. The van der Waals surface area contributed by atoms with Crippen molar-refractivity contribution in [3.63, 3.8) is 0 Å². The zero-order chi connectivity index (χ0) is 23.3. The van der Waals surface area contributed by atoms with E-state index in [-0.39, 0.29) is 47.5 Å². The van der Waals surface area contributed by atoms with Crippen LogP contribution in [0.15, 0.2) is 42.6 Å². The van der Waals surface area contributed by atoms with E-state index in [0.717, 1.165) is 0 Å². The molecule has 2 unspecified atom stereocenters. The normalized spacial score (nSPS) is 18.3. The largest absolute Gasteiger partial charge is 0.494 e. The lowest BCUT2D eigenvalue weighted by Crippen LogP contribution is -2.38. The number of alkyl halides is 3. The minimum absolute atomic E-state index is 0.0392. The summed E-state index contributed by atoms with van der Waals surface area (Å²) in [5.41, 5.74) is 6.58. The number of aromatic nitrogens is 4. The van der Waals surface area contributed by atoms with Crippen LogP contribution in [0.5, 0.6) is 5.75 Å². The summed E-state index contributed by atoms with van der Waals surface area (Å²) in [4.78, 5) is 5.70. The molecule has 2 atom stereocenters. The Morgan fingerprint density at radius 2 is 1.91 bits per heavy atom. The number of ether oxygens (including phenoxy) is 1. The summed E-state index contributed by atoms with van der Waals surface area (Å²) in [6, 6.07) is 7.23. The van der Waals surface area contributed by atoms with Gasteiger partial charge in [-0.1, -0.05) is 12.1 Å². The van der Waals surface area contributed by atoms with Crippen molar-refractivity contribution in [3.8, 4) is 17.3 Å². The van der Waals surface area contributed by atoms with Crippen molar-refractivity contribution >= 4 is 16.6 Å². The Kier molecular flexibility index (Phi) is 5.17. The fraction of sp³-hybridized carbons (Fsp3) is 0.318. The van der Waals surface area contributed by atoms with Crippen LogP contribution in [0.4, 0.5) is 17.6 Å². The van der Waals surface area contributed by atoms with Gasteiger partial charge in [-0.3, -0.25) is 9.30 Å². The van der Waals surface area contributed by atoms with Crippen LogP contribution < -0.4 is 10.5 Å². The van der Waals surface area contributed by atoms with Gasteiger partial charge in [0.05, 0.1) is 7.11 Å². The third-order valence-corrected chi connectivity index (χ3v) is 5.89. The van der Waals surface area contributed by atoms with Gasteiger partial charge < -0.3 is 10.5 Å². The van der Waals surface area contributed by atoms with E-state index in [1.54, 1.807) is 18.2 Å². The molecule has 0 spiro atoms. The minimum Gasteiger partial charge on any atom is -0.494 e. The van der Waals surface area contributed by atoms with Crippen LogP contribution in [0, 0.1) is 5.82 Å². The summed E-state index contributed by atoms with van der Waals surface area (Å²) in [6.45, 7) is 0.413. The SMILES string of the molecule is COc1ccc2ccc(-c3nnc4ccc(C(N5CCC(N)C5)C(F)(F)F)cn34)nc2c1F. The molecule has 33 heavy (non-hydrogen) atoms. The van der Waals surface area contributed by atoms with Crippen LogP contribution in [0.25, 0.3) is 28.1 Å². The quantitative estimate of drug-likeness (QED) is 0.468. The summed E-state index contributed by atoms with van der Waals surface area (Å²) in [7, 11) is 1.35. The number of benzene rings is 1. The second-order valence-electron chi connectivity index (χ2n) is 8.05. The molecule has 1 aromatic carbocycles. The van der Waals surface area contributed by atoms with Crippen molar-refractivity contribution in [3.05, 3.63) is 54.0 Å². The minimum atomic E-state index is -4.49. The molecule has 3 aromatic heterocycles. The van der Waals surface area contributed by atoms with Crippen LogP contribution in [-0.4, -0.2) is 56.9 Å². The second-order valence-corrected chi connectivity index (χ2v) is 8.05. The highest BCUT2D eigenvalue weighted by Crippen LogP contribution is 2.39. The average Bonchev–Trinajstić information content (AvgIpc) is 3.39. The Labute approximate surface area is 185 Å². The Bertz CT molecular complexity index is 1340. The number of hydrogen-bond acceptors (Lipinski definition) is 6. The third-order valence-electron chi connectivity index (χ3n) is 5.89. The highest BCUT2D eigenvalue weighted by atomic mass is 19.4. The molecule has 0 bridgehead atoms. The van der Waals surface area contributed by atoms with Crippen molar-refractivity contribution in [2.45, 2.75) is 24.7 Å². The average molecular weight is 460 g/mol. The lowest BCUT2D eigenvalue weighted by Gasteiger charge is -2.30. The van der Waals surface area contributed by atoms with Gasteiger partial charge in [0.2, 0.25) is 0 Å². The predicted molar refractivity (Wildman–Crippen MR) is 113 cm³/mol. The maximum atomic E-state index is 14.7. The van der Waals surface area contributed by atoms with Crippen molar-refractivity contribution in [2.75, 3.05) is 20.2 Å². The van der Waals surface area contributed by atoms with Gasteiger partial charge in [-0.05, 0) is 36.2 Å². The second kappa shape index (κ2) is 7.92. The van der Waals surface area contributed by atoms with Crippen LogP contribution in [0.1, 0.15) is 18.0 Å². The van der Waals surface area contributed by atoms with E-state index in [1.165, 1.54) is 40.8 Å². The van der Waals surface area contributed by atoms with Gasteiger partial charge in [0.15, 0.2) is 23.0 Å². The molecule has 0 amide bonds. The van der Waals surface area contributed by atoms with Crippen LogP contribution >= 0.6 is 0 Å². The monoisotopic (exact) mass is 460 g/mol. The summed E-state index contributed by atoms with van der Waals surface area (Å²) >= 11 is 0. The lowest BCUT2D eigenvalue weighted by atomic mass is 10.1. The van der Waals surface area contributed by atoms with E-state index in [0.29, 0.717) is 17.5 Å². The Morgan fingerprint density at radius 3 is 2.61 bits per heavy atom. The van der Waals surface area contributed by atoms with Crippen molar-refractivity contribution in [2.24, 2.45) is 5.73 Å². The molecule has 172 valence electrons. The standard InChI is InChI=1S/C22H20F4N6O/c1-33-16-6-3-12-2-5-15(28-19(12)18(16)23)21-30-29-17-7-4-13(10-32(17)21)20(22(24,25)26)31-9-8-14(27)11-31/h2-7,10,14,20H,8-9,11,27H2,1H3. The Balaban J connectivity index is 1.62. The van der Waals surface area contributed by atoms with Gasteiger partial charge in [0.25, 0.3) is 0 Å². The number of fused-ring (bicyclic) bond motifs is 2. The Morgan fingerprint density at radius 1 is 1.12 bits per heavy atom. The van der Waals surface area contributed by atoms with Gasteiger partial charge in [0, 0.05) is 30.7 Å². The molecule has 1 aliphatic heterocycles. The first kappa shape index (κ1) is 21.5. The molecule has 4 aromatic rings. The number of methoxy groups -OCH3 is 1. The van der Waals surface area contributed by atoms with Crippen LogP contribution in [-0.2, 0) is 0 Å². The van der Waals surface area contributed by atoms with Crippen molar-refractivity contribution in [1.82, 2.24) is 24.5 Å². The number of nitrogens with zero attached hydrogens (tertiary/aromatic N) is 5. The highest BCUT2D eigenvalue weighted by Gasteiger charge is 2.46. The summed E-state index contributed by atoms with van der Waals surface area (Å²) in [5.74, 6) is -0.388. The molecule has 2 N–H and O–H groups in total. The summed E-state index contributed by atoms with van der Waals surface area (Å²) in [5, 5.41) is 8.69. The molecule has 11 heteroatoms. The zero-order valence-corrected chi connectivity index (χ0v) is 17.6. The Hall–Kier alpha value is -3.31. The lowest BCUT2D eigenvalue weighted by molar-refractivity contribution is -0.183. The first-order valence-electron chi connectivity index (χ1n) is 10.3. The van der Waals surface area contributed by atoms with E-state index in [4.69, 9.17) is 10.5 Å². The number of likely N-dealkylation sites (tertiary alicyclic amines) is 1. The fourth-order valence-electron chi connectivity index (χ4n) is 4.32. The summed E-state index contributed by atoms with van der Waals surface area (Å²) in [6.07, 6.45) is -2.63. The van der Waals surface area contributed by atoms with Gasteiger partial charge >= 0.3 is 6.18 Å². The van der Waals surface area contributed by atoms with Crippen LogP contribution in [0.2, 0.25) is 0 Å². The maximum Gasteiger partial charge on any atom is 0.408 e. The molecule has 1 aliphatic rings. The molecule has 0 radical (unpaired) electrons. The molecule has 1 saturated heterocycles. The number of hydrogen-bond donors (Lipinski definition) is 1. The molecular weight excluding hydrogens is 440 g/mol. The van der Waals surface area contributed by atoms with Crippen LogP contribution in [0.3, 0.4) is 0 Å². The highest BCUT2D eigenvalue weighted by molar-refractivity contribution is 5.83. The molecule has 1 fully saturated rings. The number of halogens is 4.